The Bertz CT molecular complexity index is 1310. The molecule has 7 nitrogen and oxygen atoms in total. The summed E-state index contributed by atoms with van der Waals surface area (Å²) in [4.78, 5) is 11.6. The summed E-state index contributed by atoms with van der Waals surface area (Å²) in [7, 11) is 0. The number of ether oxygens (including phenoxy) is 3. The van der Waals surface area contributed by atoms with E-state index in [0.717, 1.165) is 61.5 Å². The van der Waals surface area contributed by atoms with Gasteiger partial charge in [0.2, 0.25) is 0 Å². The lowest BCUT2D eigenvalue weighted by molar-refractivity contribution is -0.185. The Hall–Kier alpha value is -3.33. The number of hydrogen-bond acceptors (Lipinski definition) is 6. The maximum absolute atomic E-state index is 13.9. The fraction of sp³-hybridized carbons (Fsp3) is 0.357. The number of rotatable bonds is 7. The van der Waals surface area contributed by atoms with Crippen molar-refractivity contribution in [2.45, 2.75) is 25.0 Å². The molecule has 4 heterocycles. The topological polar surface area (TPSA) is 61.6 Å². The molecule has 8 heteroatoms. The van der Waals surface area contributed by atoms with Crippen molar-refractivity contribution < 1.29 is 18.6 Å². The summed E-state index contributed by atoms with van der Waals surface area (Å²) in [5.41, 5.74) is 3.05. The quantitative estimate of drug-likeness (QED) is 0.347. The maximum atomic E-state index is 13.9. The van der Waals surface area contributed by atoms with E-state index in [0.29, 0.717) is 31.2 Å². The molecule has 4 aromatic rings. The summed E-state index contributed by atoms with van der Waals surface area (Å²) in [5, 5.41) is 0. The van der Waals surface area contributed by atoms with Crippen molar-refractivity contribution >= 4 is 11.0 Å². The van der Waals surface area contributed by atoms with E-state index in [1.54, 1.807) is 12.3 Å². The molecule has 2 saturated heterocycles. The molecule has 2 fully saturated rings. The maximum Gasteiger partial charge on any atom is 0.170 e. The molecule has 186 valence electrons. The third-order valence-electron chi connectivity index (χ3n) is 6.92. The van der Waals surface area contributed by atoms with Gasteiger partial charge in [-0.1, -0.05) is 6.07 Å². The second-order valence-corrected chi connectivity index (χ2v) is 9.26. The third-order valence-corrected chi connectivity index (χ3v) is 6.92. The first-order chi connectivity index (χ1) is 17.7. The van der Waals surface area contributed by atoms with Crippen LogP contribution in [0, 0.1) is 5.82 Å². The number of halogens is 1. The number of pyridine rings is 1. The van der Waals surface area contributed by atoms with Gasteiger partial charge in [0.05, 0.1) is 30.9 Å². The first kappa shape index (κ1) is 23.1. The highest BCUT2D eigenvalue weighted by Crippen LogP contribution is 2.31. The molecule has 0 radical (unpaired) electrons. The average Bonchev–Trinajstić information content (AvgIpc) is 3.53. The van der Waals surface area contributed by atoms with Crippen LogP contribution in [0.2, 0.25) is 0 Å². The molecule has 0 atom stereocenters. The first-order valence-electron chi connectivity index (χ1n) is 12.5. The molecule has 6 rings (SSSR count). The molecule has 0 bridgehead atoms. The summed E-state index contributed by atoms with van der Waals surface area (Å²) < 4.78 is 33.5. The summed E-state index contributed by atoms with van der Waals surface area (Å²) in [6.45, 7) is 5.07. The van der Waals surface area contributed by atoms with Crippen LogP contribution in [0.5, 0.6) is 5.75 Å². The van der Waals surface area contributed by atoms with E-state index in [4.69, 9.17) is 14.2 Å². The minimum atomic E-state index is -0.320. The number of likely N-dealkylation sites (tertiary alicyclic amines) is 1. The zero-order chi connectivity index (χ0) is 24.4. The lowest BCUT2D eigenvalue weighted by Crippen LogP contribution is -2.45. The van der Waals surface area contributed by atoms with Crippen molar-refractivity contribution in [1.82, 2.24) is 19.4 Å². The fourth-order valence-electron chi connectivity index (χ4n) is 5.05. The zero-order valence-electron chi connectivity index (χ0n) is 20.1. The Kier molecular flexibility index (Phi) is 6.39. The lowest BCUT2D eigenvalue weighted by atomic mass is 10.0. The van der Waals surface area contributed by atoms with Gasteiger partial charge < -0.3 is 19.1 Å². The molecule has 2 aliphatic heterocycles. The Labute approximate surface area is 209 Å². The van der Waals surface area contributed by atoms with E-state index in [-0.39, 0.29) is 11.6 Å². The zero-order valence-corrected chi connectivity index (χ0v) is 20.1. The lowest BCUT2D eigenvalue weighted by Gasteiger charge is -2.37. The van der Waals surface area contributed by atoms with Gasteiger partial charge in [0.15, 0.2) is 11.6 Å². The molecule has 0 N–H and O–H groups in total. The normalized spacial score (nSPS) is 17.7. The van der Waals surface area contributed by atoms with Gasteiger partial charge in [-0.3, -0.25) is 9.55 Å². The van der Waals surface area contributed by atoms with Crippen LogP contribution in [0.4, 0.5) is 4.39 Å². The third kappa shape index (κ3) is 4.72. The molecule has 0 unspecified atom stereocenters. The molecule has 2 aliphatic rings. The van der Waals surface area contributed by atoms with E-state index in [9.17, 15) is 4.39 Å². The second-order valence-electron chi connectivity index (χ2n) is 9.26. The summed E-state index contributed by atoms with van der Waals surface area (Å²) >= 11 is 0. The van der Waals surface area contributed by atoms with Crippen molar-refractivity contribution in [1.29, 1.82) is 0 Å². The molecular formula is C28H29FN4O3. The number of imidazole rings is 1. The monoisotopic (exact) mass is 488 g/mol. The van der Waals surface area contributed by atoms with Crippen molar-refractivity contribution in [3.63, 3.8) is 0 Å². The average molecular weight is 489 g/mol. The minimum Gasteiger partial charge on any atom is -0.494 e. The van der Waals surface area contributed by atoms with Gasteiger partial charge >= 0.3 is 0 Å². The number of benzene rings is 2. The molecule has 0 amide bonds. The van der Waals surface area contributed by atoms with Crippen molar-refractivity contribution in [2.75, 3.05) is 39.5 Å². The highest BCUT2D eigenvalue weighted by molar-refractivity contribution is 5.82. The van der Waals surface area contributed by atoms with Gasteiger partial charge in [-0.25, -0.2) is 9.37 Å². The Balaban J connectivity index is 1.10. The standard InChI is InChI=1S/C28H29FN4O3/c29-21-5-10-26-25(20-21)31-27(24-4-1-2-13-30-24)33(26)22-6-8-23(9-7-22)34-17-3-14-32-15-11-28(12-16-32)35-18-19-36-28/h1-2,4-10,13,20H,3,11-12,14-19H2. The van der Waals surface area contributed by atoms with Crippen LogP contribution < -0.4 is 4.74 Å². The summed E-state index contributed by atoms with van der Waals surface area (Å²) in [6, 6.07) is 18.3. The van der Waals surface area contributed by atoms with Crippen LogP contribution in [0.3, 0.4) is 0 Å². The van der Waals surface area contributed by atoms with Crippen LogP contribution in [0.25, 0.3) is 28.2 Å². The van der Waals surface area contributed by atoms with E-state index in [1.165, 1.54) is 12.1 Å². The number of piperidine rings is 1. The highest BCUT2D eigenvalue weighted by atomic mass is 19.1. The van der Waals surface area contributed by atoms with Gasteiger partial charge in [0.25, 0.3) is 0 Å². The summed E-state index contributed by atoms with van der Waals surface area (Å²) in [5.74, 6) is 0.855. The van der Waals surface area contributed by atoms with E-state index in [2.05, 4.69) is 14.9 Å². The van der Waals surface area contributed by atoms with E-state index in [1.807, 2.05) is 47.0 Å². The van der Waals surface area contributed by atoms with Crippen molar-refractivity contribution in [2.24, 2.45) is 0 Å². The molecule has 2 aromatic heterocycles. The van der Waals surface area contributed by atoms with Gasteiger partial charge in [0, 0.05) is 50.4 Å². The number of hydrogen-bond donors (Lipinski definition) is 0. The van der Waals surface area contributed by atoms with E-state index < -0.39 is 0 Å². The minimum absolute atomic E-state index is 0.312. The molecule has 1 spiro atoms. The van der Waals surface area contributed by atoms with Gasteiger partial charge in [-0.2, -0.15) is 0 Å². The van der Waals surface area contributed by atoms with Gasteiger partial charge in [-0.05, 0) is 55.0 Å². The number of nitrogens with zero attached hydrogens (tertiary/aromatic N) is 4. The SMILES string of the molecule is Fc1ccc2c(c1)nc(-c1ccccn1)n2-c1ccc(OCCCN2CCC3(CC2)OCCO3)cc1. The van der Waals surface area contributed by atoms with Crippen LogP contribution in [0.1, 0.15) is 19.3 Å². The van der Waals surface area contributed by atoms with Crippen LogP contribution >= 0.6 is 0 Å². The van der Waals surface area contributed by atoms with Gasteiger partial charge in [0.1, 0.15) is 17.3 Å². The van der Waals surface area contributed by atoms with Gasteiger partial charge in [-0.15, -0.1) is 0 Å². The summed E-state index contributed by atoms with van der Waals surface area (Å²) in [6.07, 6.45) is 4.56. The molecule has 0 saturated carbocycles. The Morgan fingerprint density at radius 2 is 1.78 bits per heavy atom. The molecular weight excluding hydrogens is 459 g/mol. The largest absolute Gasteiger partial charge is 0.494 e. The first-order valence-corrected chi connectivity index (χ1v) is 12.5. The van der Waals surface area contributed by atoms with Crippen LogP contribution in [-0.4, -0.2) is 64.7 Å². The Morgan fingerprint density at radius 1 is 0.972 bits per heavy atom. The fourth-order valence-corrected chi connectivity index (χ4v) is 5.05. The predicted octanol–water partition coefficient (Wildman–Crippen LogP) is 4.83. The highest BCUT2D eigenvalue weighted by Gasteiger charge is 2.39. The van der Waals surface area contributed by atoms with Crippen molar-refractivity contribution in [3.8, 4) is 23.0 Å². The van der Waals surface area contributed by atoms with Crippen LogP contribution in [0.15, 0.2) is 66.9 Å². The number of aromatic nitrogens is 3. The number of fused-ring (bicyclic) bond motifs is 1. The molecule has 0 aliphatic carbocycles. The van der Waals surface area contributed by atoms with E-state index >= 15 is 0 Å². The Morgan fingerprint density at radius 3 is 2.53 bits per heavy atom. The second kappa shape index (κ2) is 9.97. The smallest absolute Gasteiger partial charge is 0.170 e. The molecule has 2 aromatic carbocycles. The van der Waals surface area contributed by atoms with Crippen LogP contribution in [-0.2, 0) is 9.47 Å². The molecule has 36 heavy (non-hydrogen) atoms. The predicted molar refractivity (Wildman–Crippen MR) is 135 cm³/mol. The van der Waals surface area contributed by atoms with Crippen molar-refractivity contribution in [3.05, 3.63) is 72.7 Å².